The molecule has 0 aliphatic heterocycles. The van der Waals surface area contributed by atoms with Gasteiger partial charge in [0, 0.05) is 24.8 Å². The van der Waals surface area contributed by atoms with Gasteiger partial charge in [-0.1, -0.05) is 36.7 Å². The lowest BCUT2D eigenvalue weighted by Crippen LogP contribution is -2.32. The van der Waals surface area contributed by atoms with Gasteiger partial charge in [0.1, 0.15) is 0 Å². The standard InChI is InChI=1S/C15H24ClNO/c1-3-10-17-14(8-6-11-18-2)12-13-7-4-5-9-15(13)16/h4-5,7,9,14,17H,3,6,8,10-12H2,1-2H3. The molecule has 0 saturated carbocycles. The van der Waals surface area contributed by atoms with Crippen LogP contribution < -0.4 is 5.32 Å². The first kappa shape index (κ1) is 15.5. The Labute approximate surface area is 116 Å². The molecule has 0 spiro atoms. The summed E-state index contributed by atoms with van der Waals surface area (Å²) in [6.07, 6.45) is 4.36. The maximum Gasteiger partial charge on any atom is 0.0462 e. The van der Waals surface area contributed by atoms with E-state index in [-0.39, 0.29) is 0 Å². The topological polar surface area (TPSA) is 21.3 Å². The summed E-state index contributed by atoms with van der Waals surface area (Å²) in [6.45, 7) is 4.07. The summed E-state index contributed by atoms with van der Waals surface area (Å²) in [5.74, 6) is 0. The van der Waals surface area contributed by atoms with Gasteiger partial charge in [0.05, 0.1) is 0 Å². The maximum absolute atomic E-state index is 6.21. The molecule has 0 aromatic heterocycles. The normalized spacial score (nSPS) is 12.6. The van der Waals surface area contributed by atoms with Gasteiger partial charge < -0.3 is 10.1 Å². The second kappa shape index (κ2) is 9.37. The molecule has 1 rings (SSSR count). The summed E-state index contributed by atoms with van der Waals surface area (Å²) in [7, 11) is 1.75. The van der Waals surface area contributed by atoms with E-state index in [1.54, 1.807) is 7.11 Å². The Morgan fingerprint density at radius 3 is 2.78 bits per heavy atom. The van der Waals surface area contributed by atoms with E-state index in [0.717, 1.165) is 43.9 Å². The average Bonchev–Trinajstić information content (AvgIpc) is 2.38. The second-order valence-electron chi connectivity index (χ2n) is 4.58. The molecule has 0 aliphatic rings. The Bertz CT molecular complexity index is 330. The quantitative estimate of drug-likeness (QED) is 0.691. The molecular formula is C15H24ClNO. The molecule has 0 fully saturated rings. The van der Waals surface area contributed by atoms with Gasteiger partial charge in [-0.15, -0.1) is 0 Å². The van der Waals surface area contributed by atoms with E-state index in [1.165, 1.54) is 5.56 Å². The van der Waals surface area contributed by atoms with Gasteiger partial charge in [-0.2, -0.15) is 0 Å². The Kier molecular flexibility index (Phi) is 8.06. The van der Waals surface area contributed by atoms with Crippen molar-refractivity contribution in [1.82, 2.24) is 5.32 Å². The largest absolute Gasteiger partial charge is 0.385 e. The van der Waals surface area contributed by atoms with E-state index in [2.05, 4.69) is 18.3 Å². The van der Waals surface area contributed by atoms with Gasteiger partial charge >= 0.3 is 0 Å². The van der Waals surface area contributed by atoms with Gasteiger partial charge in [-0.25, -0.2) is 0 Å². The van der Waals surface area contributed by atoms with Crippen LogP contribution >= 0.6 is 11.6 Å². The number of hydrogen-bond acceptors (Lipinski definition) is 2. The third-order valence-corrected chi connectivity index (χ3v) is 3.38. The predicted octanol–water partition coefficient (Wildman–Crippen LogP) is 3.68. The lowest BCUT2D eigenvalue weighted by Gasteiger charge is -2.19. The SMILES string of the molecule is CCCNC(CCCOC)Cc1ccccc1Cl. The van der Waals surface area contributed by atoms with E-state index in [4.69, 9.17) is 16.3 Å². The highest BCUT2D eigenvalue weighted by Crippen LogP contribution is 2.18. The molecule has 1 unspecified atom stereocenters. The van der Waals surface area contributed by atoms with Gasteiger partial charge in [0.25, 0.3) is 0 Å². The molecule has 0 saturated heterocycles. The van der Waals surface area contributed by atoms with Crippen molar-refractivity contribution in [2.24, 2.45) is 0 Å². The van der Waals surface area contributed by atoms with Gasteiger partial charge in [-0.3, -0.25) is 0 Å². The van der Waals surface area contributed by atoms with Crippen LogP contribution in [-0.2, 0) is 11.2 Å². The smallest absolute Gasteiger partial charge is 0.0462 e. The van der Waals surface area contributed by atoms with Crippen LogP contribution in [0.25, 0.3) is 0 Å². The molecule has 0 bridgehead atoms. The van der Waals surface area contributed by atoms with Crippen molar-refractivity contribution in [2.75, 3.05) is 20.3 Å². The molecule has 1 aromatic rings. The highest BCUT2D eigenvalue weighted by molar-refractivity contribution is 6.31. The molecule has 0 heterocycles. The molecule has 1 N–H and O–H groups in total. The molecule has 3 heteroatoms. The fraction of sp³-hybridized carbons (Fsp3) is 0.600. The summed E-state index contributed by atoms with van der Waals surface area (Å²) in [6, 6.07) is 8.58. The Balaban J connectivity index is 2.51. The molecular weight excluding hydrogens is 246 g/mol. The fourth-order valence-corrected chi connectivity index (χ4v) is 2.24. The minimum Gasteiger partial charge on any atom is -0.385 e. The summed E-state index contributed by atoms with van der Waals surface area (Å²) >= 11 is 6.21. The number of ether oxygens (including phenoxy) is 1. The van der Waals surface area contributed by atoms with Crippen molar-refractivity contribution in [3.8, 4) is 0 Å². The molecule has 0 aliphatic carbocycles. The first-order valence-electron chi connectivity index (χ1n) is 6.73. The number of hydrogen-bond donors (Lipinski definition) is 1. The van der Waals surface area contributed by atoms with E-state index in [9.17, 15) is 0 Å². The lowest BCUT2D eigenvalue weighted by molar-refractivity contribution is 0.188. The van der Waals surface area contributed by atoms with Gasteiger partial charge in [-0.05, 0) is 43.9 Å². The minimum atomic E-state index is 0.486. The second-order valence-corrected chi connectivity index (χ2v) is 4.99. The monoisotopic (exact) mass is 269 g/mol. The number of halogens is 1. The fourth-order valence-electron chi connectivity index (χ4n) is 2.03. The number of methoxy groups -OCH3 is 1. The Morgan fingerprint density at radius 1 is 1.33 bits per heavy atom. The van der Waals surface area contributed by atoms with E-state index in [0.29, 0.717) is 6.04 Å². The van der Waals surface area contributed by atoms with Crippen molar-refractivity contribution in [1.29, 1.82) is 0 Å². The van der Waals surface area contributed by atoms with Crippen LogP contribution in [0, 0.1) is 0 Å². The van der Waals surface area contributed by atoms with E-state index < -0.39 is 0 Å². The van der Waals surface area contributed by atoms with Crippen molar-refractivity contribution in [3.63, 3.8) is 0 Å². The zero-order chi connectivity index (χ0) is 13.2. The van der Waals surface area contributed by atoms with E-state index in [1.807, 2.05) is 18.2 Å². The maximum atomic E-state index is 6.21. The molecule has 1 aromatic carbocycles. The van der Waals surface area contributed by atoms with Gasteiger partial charge in [0.2, 0.25) is 0 Å². The van der Waals surface area contributed by atoms with Crippen molar-refractivity contribution in [2.45, 2.75) is 38.6 Å². The van der Waals surface area contributed by atoms with Crippen molar-refractivity contribution < 1.29 is 4.74 Å². The van der Waals surface area contributed by atoms with Gasteiger partial charge in [0.15, 0.2) is 0 Å². The average molecular weight is 270 g/mol. The molecule has 102 valence electrons. The third kappa shape index (κ3) is 5.85. The van der Waals surface area contributed by atoms with Crippen LogP contribution in [0.15, 0.2) is 24.3 Å². The Morgan fingerprint density at radius 2 is 2.11 bits per heavy atom. The zero-order valence-electron chi connectivity index (χ0n) is 11.4. The summed E-state index contributed by atoms with van der Waals surface area (Å²) < 4.78 is 5.12. The molecule has 18 heavy (non-hydrogen) atoms. The predicted molar refractivity (Wildman–Crippen MR) is 78.3 cm³/mol. The third-order valence-electron chi connectivity index (χ3n) is 3.01. The van der Waals surface area contributed by atoms with Crippen LogP contribution in [0.2, 0.25) is 5.02 Å². The summed E-state index contributed by atoms with van der Waals surface area (Å²) in [4.78, 5) is 0. The lowest BCUT2D eigenvalue weighted by atomic mass is 10.0. The van der Waals surface area contributed by atoms with Crippen LogP contribution in [-0.4, -0.2) is 26.3 Å². The Hall–Kier alpha value is -0.570. The number of rotatable bonds is 9. The van der Waals surface area contributed by atoms with Crippen LogP contribution in [0.1, 0.15) is 31.7 Å². The number of nitrogens with one attached hydrogen (secondary N) is 1. The van der Waals surface area contributed by atoms with Crippen molar-refractivity contribution in [3.05, 3.63) is 34.9 Å². The highest BCUT2D eigenvalue weighted by atomic mass is 35.5. The van der Waals surface area contributed by atoms with Crippen molar-refractivity contribution >= 4 is 11.6 Å². The first-order chi connectivity index (χ1) is 8.77. The minimum absolute atomic E-state index is 0.486. The zero-order valence-corrected chi connectivity index (χ0v) is 12.2. The molecule has 0 amide bonds. The molecule has 0 radical (unpaired) electrons. The summed E-state index contributed by atoms with van der Waals surface area (Å²) in [5.41, 5.74) is 1.23. The number of benzene rings is 1. The van der Waals surface area contributed by atoms with Crippen LogP contribution in [0.5, 0.6) is 0 Å². The highest BCUT2D eigenvalue weighted by Gasteiger charge is 2.10. The molecule has 2 nitrogen and oxygen atoms in total. The first-order valence-corrected chi connectivity index (χ1v) is 7.11. The summed E-state index contributed by atoms with van der Waals surface area (Å²) in [5, 5.41) is 4.46. The van der Waals surface area contributed by atoms with E-state index >= 15 is 0 Å². The van der Waals surface area contributed by atoms with Crippen LogP contribution in [0.4, 0.5) is 0 Å². The van der Waals surface area contributed by atoms with Crippen LogP contribution in [0.3, 0.4) is 0 Å². The molecule has 1 atom stereocenters.